The normalized spacial score (nSPS) is 13.1. The molecule has 0 amide bonds. The predicted octanol–water partition coefficient (Wildman–Crippen LogP) is 0.566. The maximum absolute atomic E-state index is 11.1. The van der Waals surface area contributed by atoms with E-state index in [0.717, 1.165) is 18.5 Å². The van der Waals surface area contributed by atoms with Crippen LogP contribution in [0.3, 0.4) is 0 Å². The maximum Gasteiger partial charge on any atom is 0.0501 e. The van der Waals surface area contributed by atoms with Crippen LogP contribution in [0.2, 0.25) is 0 Å². The zero-order valence-electron chi connectivity index (χ0n) is 8.39. The van der Waals surface area contributed by atoms with Crippen molar-refractivity contribution in [3.8, 4) is 0 Å². The molecule has 0 unspecified atom stereocenters. The molecular weight excluding hydrogens is 154 g/mol. The van der Waals surface area contributed by atoms with Crippen molar-refractivity contribution in [2.75, 3.05) is 27.2 Å². The SMILES string of the molecule is CC/C(C)=C(/[O-])OCCN(C)C. The average molecular weight is 172 g/mol. The van der Waals surface area contributed by atoms with Crippen molar-refractivity contribution in [3.05, 3.63) is 11.5 Å². The number of allylic oxidation sites excluding steroid dienone is 1. The molecule has 0 spiro atoms. The van der Waals surface area contributed by atoms with Crippen LogP contribution in [0.15, 0.2) is 11.5 Å². The lowest BCUT2D eigenvalue weighted by molar-refractivity contribution is -0.359. The quantitative estimate of drug-likeness (QED) is 0.569. The molecule has 0 heterocycles. The van der Waals surface area contributed by atoms with Gasteiger partial charge in [0.2, 0.25) is 0 Å². The molecule has 0 aromatic rings. The number of nitrogens with zero attached hydrogens (tertiary/aromatic N) is 1. The highest BCUT2D eigenvalue weighted by Crippen LogP contribution is 2.02. The zero-order valence-corrected chi connectivity index (χ0v) is 8.39. The molecule has 0 atom stereocenters. The van der Waals surface area contributed by atoms with Crippen molar-refractivity contribution in [1.29, 1.82) is 0 Å². The third-order valence-electron chi connectivity index (χ3n) is 1.65. The van der Waals surface area contributed by atoms with Gasteiger partial charge < -0.3 is 14.7 Å². The van der Waals surface area contributed by atoms with Gasteiger partial charge in [0.05, 0.1) is 5.95 Å². The van der Waals surface area contributed by atoms with Crippen LogP contribution in [0.5, 0.6) is 0 Å². The van der Waals surface area contributed by atoms with Crippen LogP contribution < -0.4 is 5.11 Å². The number of hydrogen-bond acceptors (Lipinski definition) is 3. The first kappa shape index (κ1) is 11.3. The molecule has 3 nitrogen and oxygen atoms in total. The van der Waals surface area contributed by atoms with Gasteiger partial charge in [0.1, 0.15) is 0 Å². The Morgan fingerprint density at radius 2 is 2.00 bits per heavy atom. The summed E-state index contributed by atoms with van der Waals surface area (Å²) in [5.74, 6) is -0.167. The minimum Gasteiger partial charge on any atom is -0.612 e. The van der Waals surface area contributed by atoms with Crippen LogP contribution in [0.1, 0.15) is 20.3 Å². The van der Waals surface area contributed by atoms with E-state index in [0.29, 0.717) is 6.61 Å². The van der Waals surface area contributed by atoms with Gasteiger partial charge in [-0.1, -0.05) is 12.5 Å². The fourth-order valence-electron chi connectivity index (χ4n) is 0.588. The molecular formula is C9H18NO2-. The Morgan fingerprint density at radius 1 is 1.42 bits per heavy atom. The largest absolute Gasteiger partial charge is 0.612 e. The highest BCUT2D eigenvalue weighted by molar-refractivity contribution is 4.95. The van der Waals surface area contributed by atoms with Crippen molar-refractivity contribution in [3.63, 3.8) is 0 Å². The van der Waals surface area contributed by atoms with E-state index in [2.05, 4.69) is 0 Å². The number of ether oxygens (including phenoxy) is 1. The molecule has 0 aliphatic carbocycles. The summed E-state index contributed by atoms with van der Waals surface area (Å²) in [5.41, 5.74) is 0.786. The Kier molecular flexibility index (Phi) is 5.54. The lowest BCUT2D eigenvalue weighted by Gasteiger charge is -2.20. The minimum absolute atomic E-state index is 0.167. The molecule has 0 N–H and O–H groups in total. The van der Waals surface area contributed by atoms with Crippen molar-refractivity contribution in [1.82, 2.24) is 4.90 Å². The monoisotopic (exact) mass is 172 g/mol. The van der Waals surface area contributed by atoms with E-state index in [1.807, 2.05) is 25.9 Å². The smallest absolute Gasteiger partial charge is 0.0501 e. The van der Waals surface area contributed by atoms with Gasteiger partial charge in [-0.05, 0) is 27.4 Å². The predicted molar refractivity (Wildman–Crippen MR) is 47.5 cm³/mol. The second kappa shape index (κ2) is 5.89. The van der Waals surface area contributed by atoms with E-state index in [-0.39, 0.29) is 5.95 Å². The van der Waals surface area contributed by atoms with E-state index in [4.69, 9.17) is 4.74 Å². The summed E-state index contributed by atoms with van der Waals surface area (Å²) < 4.78 is 4.99. The Labute approximate surface area is 74.6 Å². The first-order valence-corrected chi connectivity index (χ1v) is 4.22. The summed E-state index contributed by atoms with van der Waals surface area (Å²) in [4.78, 5) is 1.98. The van der Waals surface area contributed by atoms with Crippen LogP contribution in [-0.2, 0) is 4.74 Å². The lowest BCUT2D eigenvalue weighted by Crippen LogP contribution is -2.20. The molecule has 0 aliphatic rings. The van der Waals surface area contributed by atoms with Gasteiger partial charge in [-0.25, -0.2) is 0 Å². The van der Waals surface area contributed by atoms with Gasteiger partial charge in [0.25, 0.3) is 0 Å². The average Bonchev–Trinajstić information content (AvgIpc) is 2.02. The van der Waals surface area contributed by atoms with Gasteiger partial charge >= 0.3 is 0 Å². The summed E-state index contributed by atoms with van der Waals surface area (Å²) in [6, 6.07) is 0. The third-order valence-corrected chi connectivity index (χ3v) is 1.65. The topological polar surface area (TPSA) is 35.5 Å². The molecule has 0 saturated heterocycles. The number of rotatable bonds is 5. The van der Waals surface area contributed by atoms with E-state index in [1.165, 1.54) is 0 Å². The van der Waals surface area contributed by atoms with Crippen molar-refractivity contribution in [2.24, 2.45) is 0 Å². The van der Waals surface area contributed by atoms with Gasteiger partial charge in [0, 0.05) is 13.2 Å². The van der Waals surface area contributed by atoms with E-state index < -0.39 is 0 Å². The van der Waals surface area contributed by atoms with Crippen LogP contribution in [-0.4, -0.2) is 32.1 Å². The fraction of sp³-hybridized carbons (Fsp3) is 0.778. The molecule has 0 saturated carbocycles. The fourth-order valence-corrected chi connectivity index (χ4v) is 0.588. The third kappa shape index (κ3) is 5.02. The van der Waals surface area contributed by atoms with Crippen LogP contribution in [0, 0.1) is 0 Å². The second-order valence-corrected chi connectivity index (χ2v) is 3.07. The van der Waals surface area contributed by atoms with Crippen molar-refractivity contribution in [2.45, 2.75) is 20.3 Å². The highest BCUT2D eigenvalue weighted by Gasteiger charge is 1.90. The standard InChI is InChI=1S/C9H19NO2/c1-5-8(2)9(11)12-7-6-10(3)4/h11H,5-7H2,1-4H3/p-1/b9-8-. The molecule has 0 bridgehead atoms. The van der Waals surface area contributed by atoms with Gasteiger partial charge in [-0.3, -0.25) is 0 Å². The van der Waals surface area contributed by atoms with E-state index in [1.54, 1.807) is 6.92 Å². The summed E-state index contributed by atoms with van der Waals surface area (Å²) in [7, 11) is 3.90. The van der Waals surface area contributed by atoms with Crippen LogP contribution in [0.4, 0.5) is 0 Å². The van der Waals surface area contributed by atoms with Crippen molar-refractivity contribution < 1.29 is 9.84 Å². The molecule has 12 heavy (non-hydrogen) atoms. The molecule has 0 aliphatic heterocycles. The first-order chi connectivity index (χ1) is 5.57. The second-order valence-electron chi connectivity index (χ2n) is 3.07. The number of hydrogen-bond donors (Lipinski definition) is 0. The highest BCUT2D eigenvalue weighted by atomic mass is 16.6. The molecule has 3 heteroatoms. The summed E-state index contributed by atoms with van der Waals surface area (Å²) in [5, 5.41) is 11.1. The Balaban J connectivity index is 3.63. The van der Waals surface area contributed by atoms with Gasteiger partial charge in [-0.15, -0.1) is 0 Å². The minimum atomic E-state index is -0.167. The molecule has 0 aromatic carbocycles. The Hall–Kier alpha value is -0.700. The molecule has 0 fully saturated rings. The first-order valence-electron chi connectivity index (χ1n) is 4.22. The van der Waals surface area contributed by atoms with Crippen LogP contribution in [0.25, 0.3) is 0 Å². The Morgan fingerprint density at radius 3 is 2.42 bits per heavy atom. The van der Waals surface area contributed by atoms with Gasteiger partial charge in [0.15, 0.2) is 0 Å². The molecule has 0 rings (SSSR count). The summed E-state index contributed by atoms with van der Waals surface area (Å²) in [6.07, 6.45) is 0.765. The lowest BCUT2D eigenvalue weighted by atomic mass is 10.2. The van der Waals surface area contributed by atoms with E-state index >= 15 is 0 Å². The summed E-state index contributed by atoms with van der Waals surface area (Å²) in [6.45, 7) is 5.01. The molecule has 0 radical (unpaired) electrons. The zero-order chi connectivity index (χ0) is 9.56. The van der Waals surface area contributed by atoms with Crippen molar-refractivity contribution >= 4 is 0 Å². The molecule has 0 aromatic heterocycles. The summed E-state index contributed by atoms with van der Waals surface area (Å²) >= 11 is 0. The van der Waals surface area contributed by atoms with Gasteiger partial charge in [-0.2, -0.15) is 0 Å². The molecule has 72 valence electrons. The van der Waals surface area contributed by atoms with E-state index in [9.17, 15) is 5.11 Å². The maximum atomic E-state index is 11.1. The number of likely N-dealkylation sites (N-methyl/N-ethyl adjacent to an activating group) is 1. The Bertz CT molecular complexity index is 153. The van der Waals surface area contributed by atoms with Crippen LogP contribution >= 0.6 is 0 Å².